The Labute approximate surface area is 119 Å². The van der Waals surface area contributed by atoms with Crippen LogP contribution in [0.2, 0.25) is 0 Å². The highest BCUT2D eigenvalue weighted by molar-refractivity contribution is 7.18. The third kappa shape index (κ3) is 3.12. The fourth-order valence-corrected chi connectivity index (χ4v) is 3.28. The first kappa shape index (κ1) is 14.4. The van der Waals surface area contributed by atoms with Crippen molar-refractivity contribution < 1.29 is 0 Å². The molecule has 2 aromatic rings. The number of fused-ring (bicyclic) bond motifs is 1. The van der Waals surface area contributed by atoms with Gasteiger partial charge in [-0.3, -0.25) is 0 Å². The van der Waals surface area contributed by atoms with E-state index in [1.165, 1.54) is 10.3 Å². The molecule has 19 heavy (non-hydrogen) atoms. The molecule has 0 saturated carbocycles. The third-order valence-corrected chi connectivity index (χ3v) is 4.79. The number of nitrogens with one attached hydrogen (secondary N) is 1. The summed E-state index contributed by atoms with van der Waals surface area (Å²) in [6.07, 6.45) is 3.71. The van der Waals surface area contributed by atoms with Crippen molar-refractivity contribution in [1.29, 1.82) is 0 Å². The van der Waals surface area contributed by atoms with Crippen molar-refractivity contribution in [3.63, 3.8) is 0 Å². The van der Waals surface area contributed by atoms with Crippen LogP contribution in [0, 0.1) is 5.41 Å². The molecule has 0 saturated heterocycles. The Morgan fingerprint density at radius 1 is 1.32 bits per heavy atom. The average Bonchev–Trinajstić information content (AvgIpc) is 2.78. The smallest absolute Gasteiger partial charge is 0.127 e. The molecular weight excluding hydrogens is 254 g/mol. The van der Waals surface area contributed by atoms with E-state index >= 15 is 0 Å². The van der Waals surface area contributed by atoms with Crippen LogP contribution in [0.1, 0.15) is 38.3 Å². The van der Waals surface area contributed by atoms with Gasteiger partial charge < -0.3 is 5.32 Å². The standard InChI is InChI=1S/C15H23N3S/c1-6-10-7-11-12(17-9-18-14(11)19-10)8-13(16-5)15(2,3)4/h7,9,13,16H,6,8H2,1-5H3. The average molecular weight is 277 g/mol. The van der Waals surface area contributed by atoms with E-state index < -0.39 is 0 Å². The van der Waals surface area contributed by atoms with Gasteiger partial charge in [-0.2, -0.15) is 0 Å². The maximum Gasteiger partial charge on any atom is 0.127 e. The van der Waals surface area contributed by atoms with Gasteiger partial charge in [-0.1, -0.05) is 27.7 Å². The maximum atomic E-state index is 4.51. The molecule has 0 aliphatic rings. The zero-order chi connectivity index (χ0) is 14.0. The molecule has 0 bridgehead atoms. The van der Waals surface area contributed by atoms with Gasteiger partial charge in [0, 0.05) is 22.7 Å². The van der Waals surface area contributed by atoms with E-state index in [1.54, 1.807) is 17.7 Å². The van der Waals surface area contributed by atoms with E-state index in [9.17, 15) is 0 Å². The monoisotopic (exact) mass is 277 g/mol. The predicted octanol–water partition coefficient (Wildman–Crippen LogP) is 3.43. The summed E-state index contributed by atoms with van der Waals surface area (Å²) in [6, 6.07) is 2.67. The van der Waals surface area contributed by atoms with Crippen LogP contribution in [0.25, 0.3) is 10.2 Å². The quantitative estimate of drug-likeness (QED) is 0.930. The summed E-state index contributed by atoms with van der Waals surface area (Å²) < 4.78 is 0. The lowest BCUT2D eigenvalue weighted by Crippen LogP contribution is -2.40. The second-order valence-corrected chi connectivity index (χ2v) is 7.13. The van der Waals surface area contributed by atoms with Crippen LogP contribution < -0.4 is 5.32 Å². The molecule has 1 unspecified atom stereocenters. The first-order valence-electron chi connectivity index (χ1n) is 6.85. The Hall–Kier alpha value is -1.00. The van der Waals surface area contributed by atoms with Gasteiger partial charge in [0.15, 0.2) is 0 Å². The van der Waals surface area contributed by atoms with Crippen LogP contribution in [0.15, 0.2) is 12.4 Å². The van der Waals surface area contributed by atoms with Crippen LogP contribution in [-0.4, -0.2) is 23.1 Å². The largest absolute Gasteiger partial charge is 0.316 e. The van der Waals surface area contributed by atoms with E-state index in [4.69, 9.17) is 0 Å². The second kappa shape index (κ2) is 5.55. The first-order valence-corrected chi connectivity index (χ1v) is 7.67. The summed E-state index contributed by atoms with van der Waals surface area (Å²) >= 11 is 1.78. The van der Waals surface area contributed by atoms with Crippen LogP contribution in [0.5, 0.6) is 0 Å². The number of thiophene rings is 1. The predicted molar refractivity (Wildman–Crippen MR) is 82.8 cm³/mol. The van der Waals surface area contributed by atoms with Crippen molar-refractivity contribution in [2.75, 3.05) is 7.05 Å². The second-order valence-electron chi connectivity index (χ2n) is 6.02. The number of hydrogen-bond acceptors (Lipinski definition) is 4. The SMILES string of the molecule is CCc1cc2c(CC(NC)C(C)(C)C)ncnc2s1. The molecule has 0 fully saturated rings. The molecule has 0 aromatic carbocycles. The molecule has 1 N–H and O–H groups in total. The molecule has 0 aliphatic carbocycles. The van der Waals surface area contributed by atoms with Crippen LogP contribution >= 0.6 is 11.3 Å². The van der Waals surface area contributed by atoms with Crippen LogP contribution in [0.3, 0.4) is 0 Å². The van der Waals surface area contributed by atoms with Crippen molar-refractivity contribution in [2.24, 2.45) is 5.41 Å². The highest BCUT2D eigenvalue weighted by Crippen LogP contribution is 2.29. The van der Waals surface area contributed by atoms with Gasteiger partial charge in [0.25, 0.3) is 0 Å². The van der Waals surface area contributed by atoms with E-state index in [0.717, 1.165) is 23.4 Å². The van der Waals surface area contributed by atoms with E-state index in [2.05, 4.69) is 49.0 Å². The number of hydrogen-bond donors (Lipinski definition) is 1. The number of aromatic nitrogens is 2. The number of likely N-dealkylation sites (N-methyl/N-ethyl adjacent to an activating group) is 1. The number of nitrogens with zero attached hydrogens (tertiary/aromatic N) is 2. The lowest BCUT2D eigenvalue weighted by molar-refractivity contribution is 0.279. The summed E-state index contributed by atoms with van der Waals surface area (Å²) in [5, 5.41) is 4.65. The Balaban J connectivity index is 2.37. The number of aryl methyl sites for hydroxylation is 1. The highest BCUT2D eigenvalue weighted by Gasteiger charge is 2.24. The van der Waals surface area contributed by atoms with Crippen molar-refractivity contribution >= 4 is 21.6 Å². The molecule has 0 spiro atoms. The third-order valence-electron chi connectivity index (χ3n) is 3.60. The van der Waals surface area contributed by atoms with Gasteiger partial charge in [0.2, 0.25) is 0 Å². The van der Waals surface area contributed by atoms with Gasteiger partial charge in [-0.25, -0.2) is 9.97 Å². The van der Waals surface area contributed by atoms with E-state index in [-0.39, 0.29) is 5.41 Å². The van der Waals surface area contributed by atoms with Crippen molar-refractivity contribution in [3.05, 3.63) is 23.0 Å². The molecule has 1 atom stereocenters. The summed E-state index contributed by atoms with van der Waals surface area (Å²) in [5.74, 6) is 0. The Bertz CT molecular complexity index is 554. The summed E-state index contributed by atoms with van der Waals surface area (Å²) in [7, 11) is 2.03. The minimum absolute atomic E-state index is 0.218. The molecule has 3 nitrogen and oxygen atoms in total. The summed E-state index contributed by atoms with van der Waals surface area (Å²) in [4.78, 5) is 11.4. The fraction of sp³-hybridized carbons (Fsp3) is 0.600. The molecule has 2 heterocycles. The molecule has 0 amide bonds. The normalized spacial score (nSPS) is 13.9. The lowest BCUT2D eigenvalue weighted by Gasteiger charge is -2.30. The summed E-state index contributed by atoms with van der Waals surface area (Å²) in [5.41, 5.74) is 1.38. The van der Waals surface area contributed by atoms with Crippen molar-refractivity contribution in [1.82, 2.24) is 15.3 Å². The zero-order valence-corrected chi connectivity index (χ0v) is 13.3. The topological polar surface area (TPSA) is 37.8 Å². The van der Waals surface area contributed by atoms with Gasteiger partial charge >= 0.3 is 0 Å². The van der Waals surface area contributed by atoms with Crippen molar-refractivity contribution in [3.8, 4) is 0 Å². The van der Waals surface area contributed by atoms with Crippen LogP contribution in [-0.2, 0) is 12.8 Å². The van der Waals surface area contributed by atoms with E-state index in [1.807, 2.05) is 7.05 Å². The van der Waals surface area contributed by atoms with Gasteiger partial charge in [-0.15, -0.1) is 11.3 Å². The van der Waals surface area contributed by atoms with Gasteiger partial charge in [-0.05, 0) is 24.9 Å². The van der Waals surface area contributed by atoms with E-state index in [0.29, 0.717) is 6.04 Å². The Kier molecular flexibility index (Phi) is 4.21. The minimum atomic E-state index is 0.218. The lowest BCUT2D eigenvalue weighted by atomic mass is 9.84. The summed E-state index contributed by atoms with van der Waals surface area (Å²) in [6.45, 7) is 8.97. The molecule has 0 aliphatic heterocycles. The molecule has 2 rings (SSSR count). The number of rotatable bonds is 4. The molecular formula is C15H23N3S. The molecule has 4 heteroatoms. The molecule has 0 radical (unpaired) electrons. The Morgan fingerprint density at radius 2 is 2.05 bits per heavy atom. The van der Waals surface area contributed by atoms with Gasteiger partial charge in [0.05, 0.1) is 5.69 Å². The zero-order valence-electron chi connectivity index (χ0n) is 12.4. The Morgan fingerprint density at radius 3 is 2.63 bits per heavy atom. The molecule has 104 valence electrons. The highest BCUT2D eigenvalue weighted by atomic mass is 32.1. The minimum Gasteiger partial charge on any atom is -0.316 e. The first-order chi connectivity index (χ1) is 8.95. The fourth-order valence-electron chi connectivity index (χ4n) is 2.33. The van der Waals surface area contributed by atoms with Crippen molar-refractivity contribution in [2.45, 2.75) is 46.6 Å². The molecule has 2 aromatic heterocycles. The van der Waals surface area contributed by atoms with Crippen LogP contribution in [0.4, 0.5) is 0 Å². The van der Waals surface area contributed by atoms with Gasteiger partial charge in [0.1, 0.15) is 11.2 Å². The maximum absolute atomic E-state index is 4.51.